The lowest BCUT2D eigenvalue weighted by Crippen LogP contribution is -2.41. The summed E-state index contributed by atoms with van der Waals surface area (Å²) in [6.07, 6.45) is 5.96. The predicted octanol–water partition coefficient (Wildman–Crippen LogP) is 1.17. The van der Waals surface area contributed by atoms with E-state index in [1.165, 1.54) is 4.90 Å². The lowest BCUT2D eigenvalue weighted by Gasteiger charge is -2.19. The van der Waals surface area contributed by atoms with Crippen molar-refractivity contribution in [3.8, 4) is 11.4 Å². The van der Waals surface area contributed by atoms with Gasteiger partial charge in [-0.25, -0.2) is 0 Å². The Morgan fingerprint density at radius 3 is 3.05 bits per heavy atom. The van der Waals surface area contributed by atoms with Gasteiger partial charge in [0.05, 0.1) is 12.6 Å². The lowest BCUT2D eigenvalue weighted by atomic mass is 10.2. The summed E-state index contributed by atoms with van der Waals surface area (Å²) in [6.45, 7) is 0.235. The molecule has 0 saturated heterocycles. The van der Waals surface area contributed by atoms with Gasteiger partial charge in [-0.3, -0.25) is 9.78 Å². The number of nitrogens with two attached hydrogens (primary N) is 1. The van der Waals surface area contributed by atoms with E-state index in [-0.39, 0.29) is 12.5 Å². The van der Waals surface area contributed by atoms with Crippen molar-refractivity contribution in [2.45, 2.75) is 19.0 Å². The van der Waals surface area contributed by atoms with Crippen LogP contribution in [0.3, 0.4) is 0 Å². The van der Waals surface area contributed by atoms with Gasteiger partial charge in [0, 0.05) is 25.0 Å². The van der Waals surface area contributed by atoms with E-state index in [0.29, 0.717) is 18.1 Å². The maximum absolute atomic E-state index is 12.1. The summed E-state index contributed by atoms with van der Waals surface area (Å²) in [4.78, 5) is 21.9. The van der Waals surface area contributed by atoms with E-state index >= 15 is 0 Å². The summed E-state index contributed by atoms with van der Waals surface area (Å²) in [7, 11) is 1.68. The molecule has 118 valence electrons. The maximum Gasteiger partial charge on any atom is 0.246 e. The number of rotatable bonds is 7. The molecular formula is C14H19N5O2S. The standard InChI is InChI=1S/C14H19N5O2S/c1-19(14(20)11(15)5-7-22-2)9-12-17-13(18-21-12)10-4-3-6-16-8-10/h3-4,6,8,11H,5,7,9,15H2,1-2H3/t11-/m0/s1. The molecule has 1 atom stereocenters. The fourth-order valence-electron chi connectivity index (χ4n) is 1.86. The number of carbonyl (C=O) groups is 1. The Kier molecular flexibility index (Phi) is 5.91. The topological polar surface area (TPSA) is 98.1 Å². The summed E-state index contributed by atoms with van der Waals surface area (Å²) in [5.41, 5.74) is 6.64. The van der Waals surface area contributed by atoms with Crippen LogP contribution in [0.2, 0.25) is 0 Å². The normalized spacial score (nSPS) is 12.1. The molecule has 0 spiro atoms. The van der Waals surface area contributed by atoms with Gasteiger partial charge in [-0.2, -0.15) is 16.7 Å². The second-order valence-electron chi connectivity index (χ2n) is 4.84. The van der Waals surface area contributed by atoms with E-state index in [9.17, 15) is 4.79 Å². The highest BCUT2D eigenvalue weighted by Gasteiger charge is 2.20. The zero-order valence-electron chi connectivity index (χ0n) is 12.6. The number of pyridine rings is 1. The number of nitrogens with zero attached hydrogens (tertiary/aromatic N) is 4. The molecule has 7 nitrogen and oxygen atoms in total. The van der Waals surface area contributed by atoms with Gasteiger partial charge in [-0.15, -0.1) is 0 Å². The highest BCUT2D eigenvalue weighted by Crippen LogP contribution is 2.14. The van der Waals surface area contributed by atoms with E-state index < -0.39 is 6.04 Å². The summed E-state index contributed by atoms with van der Waals surface area (Å²) in [5.74, 6) is 1.55. The third-order valence-corrected chi connectivity index (χ3v) is 3.73. The average Bonchev–Trinajstić information content (AvgIpc) is 3.01. The van der Waals surface area contributed by atoms with Crippen LogP contribution in [0.15, 0.2) is 29.0 Å². The largest absolute Gasteiger partial charge is 0.337 e. The summed E-state index contributed by atoms with van der Waals surface area (Å²) in [5, 5.41) is 3.89. The van der Waals surface area contributed by atoms with Crippen molar-refractivity contribution in [3.63, 3.8) is 0 Å². The van der Waals surface area contributed by atoms with Gasteiger partial charge < -0.3 is 15.2 Å². The van der Waals surface area contributed by atoms with Crippen LogP contribution in [-0.4, -0.2) is 51.0 Å². The molecule has 0 unspecified atom stereocenters. The third kappa shape index (κ3) is 4.28. The Hall–Kier alpha value is -1.93. The Labute approximate surface area is 133 Å². The van der Waals surface area contributed by atoms with Crippen LogP contribution in [-0.2, 0) is 11.3 Å². The monoisotopic (exact) mass is 321 g/mol. The molecule has 8 heteroatoms. The molecule has 0 aliphatic heterocycles. The molecule has 2 rings (SSSR count). The number of hydrogen-bond donors (Lipinski definition) is 1. The molecule has 0 radical (unpaired) electrons. The van der Waals surface area contributed by atoms with Crippen LogP contribution in [0.5, 0.6) is 0 Å². The predicted molar refractivity (Wildman–Crippen MR) is 85.0 cm³/mol. The van der Waals surface area contributed by atoms with Gasteiger partial charge in [-0.1, -0.05) is 5.16 Å². The molecule has 2 heterocycles. The first-order valence-electron chi connectivity index (χ1n) is 6.84. The molecule has 22 heavy (non-hydrogen) atoms. The zero-order chi connectivity index (χ0) is 15.9. The molecule has 1 amide bonds. The second kappa shape index (κ2) is 7.90. The molecule has 2 N–H and O–H groups in total. The van der Waals surface area contributed by atoms with Gasteiger partial charge >= 0.3 is 0 Å². The minimum absolute atomic E-state index is 0.129. The van der Waals surface area contributed by atoms with E-state index in [1.54, 1.807) is 37.3 Å². The number of thioether (sulfide) groups is 1. The fourth-order valence-corrected chi connectivity index (χ4v) is 2.35. The van der Waals surface area contributed by atoms with Crippen LogP contribution >= 0.6 is 11.8 Å². The number of hydrogen-bond acceptors (Lipinski definition) is 7. The lowest BCUT2D eigenvalue weighted by molar-refractivity contribution is -0.132. The van der Waals surface area contributed by atoms with Crippen molar-refractivity contribution in [1.82, 2.24) is 20.0 Å². The molecule has 0 aliphatic carbocycles. The Morgan fingerprint density at radius 2 is 2.36 bits per heavy atom. The van der Waals surface area contributed by atoms with Crippen molar-refractivity contribution in [2.75, 3.05) is 19.1 Å². The molecule has 0 aliphatic rings. The SMILES string of the molecule is CSCC[C@H](N)C(=O)N(C)Cc1nc(-c2cccnc2)no1. The number of aromatic nitrogens is 3. The quantitative estimate of drug-likeness (QED) is 0.817. The van der Waals surface area contributed by atoms with Crippen LogP contribution in [0.4, 0.5) is 0 Å². The minimum atomic E-state index is -0.502. The average molecular weight is 321 g/mol. The summed E-state index contributed by atoms with van der Waals surface area (Å²) < 4.78 is 5.17. The van der Waals surface area contributed by atoms with E-state index in [1.807, 2.05) is 12.3 Å². The van der Waals surface area contributed by atoms with Crippen molar-refractivity contribution in [3.05, 3.63) is 30.4 Å². The molecule has 0 fully saturated rings. The molecule has 0 saturated carbocycles. The van der Waals surface area contributed by atoms with Crippen molar-refractivity contribution in [2.24, 2.45) is 5.73 Å². The van der Waals surface area contributed by atoms with Crippen LogP contribution < -0.4 is 5.73 Å². The summed E-state index contributed by atoms with van der Waals surface area (Å²) in [6, 6.07) is 3.14. The maximum atomic E-state index is 12.1. The van der Waals surface area contributed by atoms with Crippen LogP contribution in [0, 0.1) is 0 Å². The van der Waals surface area contributed by atoms with Crippen LogP contribution in [0.1, 0.15) is 12.3 Å². The van der Waals surface area contributed by atoms with E-state index in [0.717, 1.165) is 11.3 Å². The van der Waals surface area contributed by atoms with Gasteiger partial charge in [0.15, 0.2) is 0 Å². The van der Waals surface area contributed by atoms with Crippen molar-refractivity contribution in [1.29, 1.82) is 0 Å². The second-order valence-corrected chi connectivity index (χ2v) is 5.82. The molecule has 2 aromatic heterocycles. The molecule has 0 bridgehead atoms. The highest BCUT2D eigenvalue weighted by molar-refractivity contribution is 7.98. The Morgan fingerprint density at radius 1 is 1.55 bits per heavy atom. The number of likely N-dealkylation sites (N-methyl/N-ethyl adjacent to an activating group) is 1. The third-order valence-electron chi connectivity index (χ3n) is 3.09. The molecule has 0 aromatic carbocycles. The number of amides is 1. The summed E-state index contributed by atoms with van der Waals surface area (Å²) >= 11 is 1.67. The Balaban J connectivity index is 1.96. The van der Waals surface area contributed by atoms with Crippen molar-refractivity contribution >= 4 is 17.7 Å². The van der Waals surface area contributed by atoms with E-state index in [2.05, 4.69) is 15.1 Å². The zero-order valence-corrected chi connectivity index (χ0v) is 13.4. The van der Waals surface area contributed by atoms with Gasteiger partial charge in [-0.05, 0) is 30.6 Å². The fraction of sp³-hybridized carbons (Fsp3) is 0.429. The Bertz CT molecular complexity index is 604. The van der Waals surface area contributed by atoms with Gasteiger partial charge in [0.25, 0.3) is 0 Å². The first-order valence-corrected chi connectivity index (χ1v) is 8.23. The first kappa shape index (κ1) is 16.4. The van der Waals surface area contributed by atoms with Crippen LogP contribution in [0.25, 0.3) is 11.4 Å². The first-order chi connectivity index (χ1) is 10.6. The minimum Gasteiger partial charge on any atom is -0.337 e. The molecular weight excluding hydrogens is 302 g/mol. The van der Waals surface area contributed by atoms with Crippen molar-refractivity contribution < 1.29 is 9.32 Å². The number of carbonyl (C=O) groups excluding carboxylic acids is 1. The molecule has 2 aromatic rings. The highest BCUT2D eigenvalue weighted by atomic mass is 32.2. The van der Waals surface area contributed by atoms with E-state index in [4.69, 9.17) is 10.3 Å². The smallest absolute Gasteiger partial charge is 0.246 e. The van der Waals surface area contributed by atoms with Gasteiger partial charge in [0.1, 0.15) is 0 Å². The van der Waals surface area contributed by atoms with Gasteiger partial charge in [0.2, 0.25) is 17.6 Å².